The topological polar surface area (TPSA) is 0 Å². The number of benzene rings is 2. The lowest BCUT2D eigenvalue weighted by Gasteiger charge is -2.08. The van der Waals surface area contributed by atoms with Gasteiger partial charge in [-0.2, -0.15) is 0 Å². The molecule has 19 heavy (non-hydrogen) atoms. The highest BCUT2D eigenvalue weighted by atomic mass is 14.1. The van der Waals surface area contributed by atoms with E-state index in [0.29, 0.717) is 0 Å². The van der Waals surface area contributed by atoms with Crippen LogP contribution in [0, 0.1) is 20.8 Å². The lowest BCUT2D eigenvalue weighted by atomic mass is 9.97. The fourth-order valence-electron chi connectivity index (χ4n) is 1.80. The largest absolute Gasteiger partial charge is 0.0683 e. The molecule has 0 heterocycles. The molecule has 0 fully saturated rings. The number of aryl methyl sites for hydroxylation is 2. The second-order valence-electron chi connectivity index (χ2n) is 4.11. The van der Waals surface area contributed by atoms with Crippen LogP contribution in [-0.4, -0.2) is 0 Å². The molecule has 0 saturated carbocycles. The van der Waals surface area contributed by atoms with Crippen LogP contribution in [0.3, 0.4) is 0 Å². The van der Waals surface area contributed by atoms with Crippen LogP contribution < -0.4 is 0 Å². The Labute approximate surface area is 119 Å². The summed E-state index contributed by atoms with van der Waals surface area (Å²) in [4.78, 5) is 0. The summed E-state index contributed by atoms with van der Waals surface area (Å²) in [5.41, 5.74) is 6.69. The first-order valence-corrected chi connectivity index (χ1v) is 7.32. The van der Waals surface area contributed by atoms with Crippen molar-refractivity contribution in [1.29, 1.82) is 0 Å². The molecule has 0 spiro atoms. The fourth-order valence-corrected chi connectivity index (χ4v) is 1.80. The SMILES string of the molecule is CC.CC.Cc1ccc(-c2cccc(C)c2C)cc1. The average molecular weight is 256 g/mol. The zero-order valence-corrected chi connectivity index (χ0v) is 13.5. The van der Waals surface area contributed by atoms with Gasteiger partial charge >= 0.3 is 0 Å². The second-order valence-corrected chi connectivity index (χ2v) is 4.11. The molecule has 0 atom stereocenters. The standard InChI is InChI=1S/C15H16.2C2H6/c1-11-7-9-14(10-8-11)15-6-4-5-12(2)13(15)3;2*1-2/h4-10H,1-3H3;2*1-2H3. The Hall–Kier alpha value is -1.56. The fraction of sp³-hybridized carbons (Fsp3) is 0.368. The van der Waals surface area contributed by atoms with Crippen LogP contribution in [0.15, 0.2) is 42.5 Å². The lowest BCUT2D eigenvalue weighted by Crippen LogP contribution is -1.86. The number of hydrogen-bond donors (Lipinski definition) is 0. The smallest absolute Gasteiger partial charge is 0.0152 e. The summed E-state index contributed by atoms with van der Waals surface area (Å²) in [5, 5.41) is 0. The third kappa shape index (κ3) is 4.90. The Morgan fingerprint density at radius 1 is 0.632 bits per heavy atom. The summed E-state index contributed by atoms with van der Waals surface area (Å²) in [6.45, 7) is 14.5. The van der Waals surface area contributed by atoms with Gasteiger partial charge in [0.05, 0.1) is 0 Å². The quantitative estimate of drug-likeness (QED) is 0.559. The van der Waals surface area contributed by atoms with Crippen molar-refractivity contribution in [2.45, 2.75) is 48.5 Å². The van der Waals surface area contributed by atoms with Crippen LogP contribution >= 0.6 is 0 Å². The van der Waals surface area contributed by atoms with Gasteiger partial charge in [0.15, 0.2) is 0 Å². The summed E-state index contributed by atoms with van der Waals surface area (Å²) >= 11 is 0. The van der Waals surface area contributed by atoms with Crippen LogP contribution in [0.4, 0.5) is 0 Å². The molecule has 2 aromatic rings. The Kier molecular flexibility index (Phi) is 8.61. The molecule has 0 radical (unpaired) electrons. The van der Waals surface area contributed by atoms with Gasteiger partial charge in [0.2, 0.25) is 0 Å². The molecule has 0 aliphatic rings. The first-order chi connectivity index (χ1) is 9.18. The molecule has 2 rings (SSSR count). The minimum absolute atomic E-state index is 1.31. The molecule has 0 unspecified atom stereocenters. The van der Waals surface area contributed by atoms with Gasteiger partial charge in [-0.25, -0.2) is 0 Å². The van der Waals surface area contributed by atoms with E-state index in [2.05, 4.69) is 63.2 Å². The summed E-state index contributed by atoms with van der Waals surface area (Å²) in [6.07, 6.45) is 0. The highest BCUT2D eigenvalue weighted by molar-refractivity contribution is 5.68. The Bertz CT molecular complexity index is 464. The zero-order valence-electron chi connectivity index (χ0n) is 13.5. The molecule has 0 amide bonds. The van der Waals surface area contributed by atoms with Crippen molar-refractivity contribution >= 4 is 0 Å². The van der Waals surface area contributed by atoms with E-state index in [1.165, 1.54) is 27.8 Å². The van der Waals surface area contributed by atoms with Gasteiger partial charge in [0, 0.05) is 0 Å². The van der Waals surface area contributed by atoms with Gasteiger partial charge < -0.3 is 0 Å². The maximum absolute atomic E-state index is 2.19. The molecular weight excluding hydrogens is 228 g/mol. The molecule has 0 N–H and O–H groups in total. The second kappa shape index (κ2) is 9.38. The van der Waals surface area contributed by atoms with E-state index in [-0.39, 0.29) is 0 Å². The van der Waals surface area contributed by atoms with Gasteiger partial charge in [-0.3, -0.25) is 0 Å². The Balaban J connectivity index is 0.000000741. The molecule has 0 aliphatic carbocycles. The van der Waals surface area contributed by atoms with E-state index in [4.69, 9.17) is 0 Å². The van der Waals surface area contributed by atoms with E-state index < -0.39 is 0 Å². The van der Waals surface area contributed by atoms with Crippen molar-refractivity contribution in [3.05, 3.63) is 59.2 Å². The monoisotopic (exact) mass is 256 g/mol. The molecule has 0 saturated heterocycles. The van der Waals surface area contributed by atoms with E-state index in [1.807, 2.05) is 27.7 Å². The minimum atomic E-state index is 1.31. The number of rotatable bonds is 1. The third-order valence-electron chi connectivity index (χ3n) is 2.97. The molecule has 0 aromatic heterocycles. The van der Waals surface area contributed by atoms with E-state index in [0.717, 1.165) is 0 Å². The average Bonchev–Trinajstić information content (AvgIpc) is 2.47. The zero-order chi connectivity index (χ0) is 14.8. The third-order valence-corrected chi connectivity index (χ3v) is 2.97. The molecule has 0 bridgehead atoms. The Morgan fingerprint density at radius 3 is 1.68 bits per heavy atom. The van der Waals surface area contributed by atoms with E-state index in [1.54, 1.807) is 0 Å². The molecular formula is C19H28. The van der Waals surface area contributed by atoms with Crippen molar-refractivity contribution in [1.82, 2.24) is 0 Å². The molecule has 104 valence electrons. The van der Waals surface area contributed by atoms with Gasteiger partial charge in [-0.15, -0.1) is 0 Å². The van der Waals surface area contributed by atoms with Crippen molar-refractivity contribution in [3.8, 4) is 11.1 Å². The lowest BCUT2D eigenvalue weighted by molar-refractivity contribution is 1.34. The molecule has 0 nitrogen and oxygen atoms in total. The maximum atomic E-state index is 2.19. The van der Waals surface area contributed by atoms with Gasteiger partial charge in [0.1, 0.15) is 0 Å². The first kappa shape index (κ1) is 17.4. The van der Waals surface area contributed by atoms with Crippen molar-refractivity contribution in [3.63, 3.8) is 0 Å². The van der Waals surface area contributed by atoms with Crippen LogP contribution in [-0.2, 0) is 0 Å². The van der Waals surface area contributed by atoms with Crippen LogP contribution in [0.5, 0.6) is 0 Å². The first-order valence-electron chi connectivity index (χ1n) is 7.32. The van der Waals surface area contributed by atoms with Crippen LogP contribution in [0.25, 0.3) is 11.1 Å². The predicted molar refractivity (Wildman–Crippen MR) is 88.8 cm³/mol. The predicted octanol–water partition coefficient (Wildman–Crippen LogP) is 6.33. The summed E-state index contributed by atoms with van der Waals surface area (Å²) in [7, 11) is 0. The normalized spacial score (nSPS) is 8.79. The van der Waals surface area contributed by atoms with E-state index >= 15 is 0 Å². The summed E-state index contributed by atoms with van der Waals surface area (Å²) in [6, 6.07) is 15.2. The Morgan fingerprint density at radius 2 is 1.16 bits per heavy atom. The minimum Gasteiger partial charge on any atom is -0.0683 e. The van der Waals surface area contributed by atoms with E-state index in [9.17, 15) is 0 Å². The van der Waals surface area contributed by atoms with Gasteiger partial charge in [0.25, 0.3) is 0 Å². The van der Waals surface area contributed by atoms with Gasteiger partial charge in [-0.1, -0.05) is 75.7 Å². The molecule has 2 aromatic carbocycles. The highest BCUT2D eigenvalue weighted by Gasteiger charge is 2.02. The molecule has 0 aliphatic heterocycles. The van der Waals surface area contributed by atoms with Crippen molar-refractivity contribution in [2.75, 3.05) is 0 Å². The maximum Gasteiger partial charge on any atom is -0.0152 e. The van der Waals surface area contributed by atoms with Gasteiger partial charge in [-0.05, 0) is 43.0 Å². The summed E-state index contributed by atoms with van der Waals surface area (Å²) in [5.74, 6) is 0. The van der Waals surface area contributed by atoms with Crippen LogP contribution in [0.2, 0.25) is 0 Å². The highest BCUT2D eigenvalue weighted by Crippen LogP contribution is 2.25. The van der Waals surface area contributed by atoms with Crippen molar-refractivity contribution in [2.24, 2.45) is 0 Å². The summed E-state index contributed by atoms with van der Waals surface area (Å²) < 4.78 is 0. The van der Waals surface area contributed by atoms with Crippen LogP contribution in [0.1, 0.15) is 44.4 Å². The molecule has 0 heteroatoms. The van der Waals surface area contributed by atoms with Crippen molar-refractivity contribution < 1.29 is 0 Å². The number of hydrogen-bond acceptors (Lipinski definition) is 0.